The largest absolute Gasteiger partial charge is 0.339 e. The number of amides is 2. The van der Waals surface area contributed by atoms with Gasteiger partial charge < -0.3 is 14.7 Å². The van der Waals surface area contributed by atoms with E-state index in [2.05, 4.69) is 21.5 Å². The van der Waals surface area contributed by atoms with Gasteiger partial charge in [-0.15, -0.1) is 0 Å². The van der Waals surface area contributed by atoms with Gasteiger partial charge in [-0.05, 0) is 39.0 Å². The van der Waals surface area contributed by atoms with Crippen LogP contribution >= 0.6 is 0 Å². The summed E-state index contributed by atoms with van der Waals surface area (Å²) in [4.78, 5) is 18.3. The minimum atomic E-state index is 0.0141. The van der Waals surface area contributed by atoms with E-state index >= 15 is 0 Å². The molecule has 6 heteroatoms. The van der Waals surface area contributed by atoms with E-state index in [0.717, 1.165) is 25.8 Å². The van der Waals surface area contributed by atoms with Gasteiger partial charge in [-0.3, -0.25) is 0 Å². The van der Waals surface area contributed by atoms with E-state index in [-0.39, 0.29) is 11.9 Å². The second kappa shape index (κ2) is 6.28. The lowest BCUT2D eigenvalue weighted by atomic mass is 10.00. The number of carbonyl (C=O) groups is 1. The molecule has 1 aromatic rings. The fourth-order valence-corrected chi connectivity index (χ4v) is 2.99. The number of hydrogen-bond donors (Lipinski definition) is 1. The number of urea groups is 1. The van der Waals surface area contributed by atoms with Gasteiger partial charge in [0.1, 0.15) is 0 Å². The first-order valence-corrected chi connectivity index (χ1v) is 7.73. The van der Waals surface area contributed by atoms with Crippen molar-refractivity contribution in [2.24, 2.45) is 0 Å². The molecule has 21 heavy (non-hydrogen) atoms. The van der Waals surface area contributed by atoms with Crippen LogP contribution in [0.1, 0.15) is 49.7 Å². The molecule has 1 atom stereocenters. The highest BCUT2D eigenvalue weighted by Gasteiger charge is 2.30. The molecule has 1 saturated heterocycles. The van der Waals surface area contributed by atoms with Gasteiger partial charge in [0.25, 0.3) is 0 Å². The first kappa shape index (κ1) is 14.1. The Morgan fingerprint density at radius 3 is 3.14 bits per heavy atom. The number of nitrogens with zero attached hydrogens (tertiary/aromatic N) is 3. The van der Waals surface area contributed by atoms with Crippen molar-refractivity contribution < 1.29 is 9.32 Å². The Morgan fingerprint density at radius 2 is 2.43 bits per heavy atom. The van der Waals surface area contributed by atoms with E-state index in [0.29, 0.717) is 24.8 Å². The molecule has 1 aliphatic carbocycles. The van der Waals surface area contributed by atoms with Gasteiger partial charge in [-0.1, -0.05) is 16.8 Å². The molecule has 2 aliphatic rings. The summed E-state index contributed by atoms with van der Waals surface area (Å²) in [6.07, 6.45) is 7.92. The molecule has 6 nitrogen and oxygen atoms in total. The normalized spacial score (nSPS) is 22.2. The predicted octanol–water partition coefficient (Wildman–Crippen LogP) is 2.38. The van der Waals surface area contributed by atoms with Crippen LogP contribution in [-0.4, -0.2) is 40.7 Å². The maximum Gasteiger partial charge on any atom is 0.317 e. The number of allylic oxidation sites excluding steroid dienone is 1. The Labute approximate surface area is 124 Å². The maximum absolute atomic E-state index is 12.2. The molecule has 1 aromatic heterocycles. The van der Waals surface area contributed by atoms with Gasteiger partial charge in [-0.2, -0.15) is 4.98 Å². The fraction of sp³-hybridized carbons (Fsp3) is 0.667. The van der Waals surface area contributed by atoms with E-state index in [1.54, 1.807) is 0 Å². The Bertz CT molecular complexity index is 538. The van der Waals surface area contributed by atoms with Crippen LogP contribution in [0.2, 0.25) is 0 Å². The molecule has 1 fully saturated rings. The lowest BCUT2D eigenvalue weighted by Crippen LogP contribution is -2.39. The highest BCUT2D eigenvalue weighted by atomic mass is 16.5. The van der Waals surface area contributed by atoms with Crippen LogP contribution in [0.15, 0.2) is 16.2 Å². The number of aromatic nitrogens is 2. The lowest BCUT2D eigenvalue weighted by Gasteiger charge is -2.19. The van der Waals surface area contributed by atoms with E-state index in [1.807, 2.05) is 11.8 Å². The molecule has 1 N–H and O–H groups in total. The van der Waals surface area contributed by atoms with E-state index in [9.17, 15) is 4.79 Å². The zero-order chi connectivity index (χ0) is 14.7. The van der Waals surface area contributed by atoms with Gasteiger partial charge in [0.2, 0.25) is 5.89 Å². The molecule has 0 saturated carbocycles. The summed E-state index contributed by atoms with van der Waals surface area (Å²) in [5.74, 6) is 1.47. The first-order chi connectivity index (χ1) is 10.2. The molecule has 0 bridgehead atoms. The minimum absolute atomic E-state index is 0.0141. The van der Waals surface area contributed by atoms with Crippen LogP contribution in [-0.2, 0) is 0 Å². The number of likely N-dealkylation sites (tertiary alicyclic amines) is 1. The molecular formula is C15H22N4O2. The second-order valence-electron chi connectivity index (χ2n) is 5.88. The van der Waals surface area contributed by atoms with Crippen molar-refractivity contribution in [3.63, 3.8) is 0 Å². The summed E-state index contributed by atoms with van der Waals surface area (Å²) in [6.45, 7) is 3.90. The SMILES string of the molecule is Cc1noc(C2CCN(C(=O)NCC3=CCCCC3)C2)n1. The van der Waals surface area contributed by atoms with Crippen molar-refractivity contribution in [2.45, 2.75) is 44.9 Å². The van der Waals surface area contributed by atoms with Crippen molar-refractivity contribution >= 4 is 6.03 Å². The van der Waals surface area contributed by atoms with Gasteiger partial charge in [0.15, 0.2) is 5.82 Å². The number of rotatable bonds is 3. The van der Waals surface area contributed by atoms with Gasteiger partial charge in [0, 0.05) is 19.6 Å². The molecule has 114 valence electrons. The van der Waals surface area contributed by atoms with E-state index in [1.165, 1.54) is 18.4 Å². The quantitative estimate of drug-likeness (QED) is 0.868. The molecule has 0 spiro atoms. The maximum atomic E-state index is 12.2. The molecule has 0 radical (unpaired) electrons. The van der Waals surface area contributed by atoms with Crippen molar-refractivity contribution in [3.05, 3.63) is 23.4 Å². The average Bonchev–Trinajstić information content (AvgIpc) is 3.14. The van der Waals surface area contributed by atoms with Crippen LogP contribution in [0.25, 0.3) is 0 Å². The first-order valence-electron chi connectivity index (χ1n) is 7.73. The smallest absolute Gasteiger partial charge is 0.317 e. The topological polar surface area (TPSA) is 71.3 Å². The van der Waals surface area contributed by atoms with Crippen LogP contribution in [0.3, 0.4) is 0 Å². The summed E-state index contributed by atoms with van der Waals surface area (Å²) >= 11 is 0. The van der Waals surface area contributed by atoms with Gasteiger partial charge >= 0.3 is 6.03 Å². The van der Waals surface area contributed by atoms with Crippen LogP contribution < -0.4 is 5.32 Å². The Balaban J connectivity index is 1.49. The third-order valence-corrected chi connectivity index (χ3v) is 4.22. The number of aryl methyl sites for hydroxylation is 1. The van der Waals surface area contributed by atoms with Gasteiger partial charge in [0.05, 0.1) is 5.92 Å². The monoisotopic (exact) mass is 290 g/mol. The summed E-state index contributed by atoms with van der Waals surface area (Å²) < 4.78 is 5.20. The van der Waals surface area contributed by atoms with E-state index < -0.39 is 0 Å². The highest BCUT2D eigenvalue weighted by molar-refractivity contribution is 5.74. The number of nitrogens with one attached hydrogen (secondary N) is 1. The highest BCUT2D eigenvalue weighted by Crippen LogP contribution is 2.25. The fourth-order valence-electron chi connectivity index (χ4n) is 2.99. The summed E-state index contributed by atoms with van der Waals surface area (Å²) in [6, 6.07) is 0.0141. The molecule has 1 aliphatic heterocycles. The van der Waals surface area contributed by atoms with Gasteiger partial charge in [-0.25, -0.2) is 4.79 Å². The second-order valence-corrected chi connectivity index (χ2v) is 5.88. The molecule has 2 heterocycles. The van der Waals surface area contributed by atoms with E-state index in [4.69, 9.17) is 4.52 Å². The Kier molecular flexibility index (Phi) is 4.22. The number of hydrogen-bond acceptors (Lipinski definition) is 4. The predicted molar refractivity (Wildman–Crippen MR) is 77.9 cm³/mol. The number of carbonyl (C=O) groups excluding carboxylic acids is 1. The summed E-state index contributed by atoms with van der Waals surface area (Å²) in [5, 5.41) is 6.84. The zero-order valence-electron chi connectivity index (χ0n) is 12.5. The van der Waals surface area contributed by atoms with Crippen LogP contribution in [0.4, 0.5) is 4.79 Å². The zero-order valence-corrected chi connectivity index (χ0v) is 12.5. The Hall–Kier alpha value is -1.85. The Morgan fingerprint density at radius 1 is 1.52 bits per heavy atom. The van der Waals surface area contributed by atoms with Crippen LogP contribution in [0, 0.1) is 6.92 Å². The molecule has 1 unspecified atom stereocenters. The third kappa shape index (κ3) is 3.43. The van der Waals surface area contributed by atoms with Crippen molar-refractivity contribution in [2.75, 3.05) is 19.6 Å². The van der Waals surface area contributed by atoms with Crippen molar-refractivity contribution in [1.82, 2.24) is 20.4 Å². The average molecular weight is 290 g/mol. The molecule has 0 aromatic carbocycles. The lowest BCUT2D eigenvalue weighted by molar-refractivity contribution is 0.208. The van der Waals surface area contributed by atoms with Crippen molar-refractivity contribution in [1.29, 1.82) is 0 Å². The molecule has 2 amide bonds. The van der Waals surface area contributed by atoms with Crippen LogP contribution in [0.5, 0.6) is 0 Å². The summed E-state index contributed by atoms with van der Waals surface area (Å²) in [5.41, 5.74) is 1.36. The molecule has 3 rings (SSSR count). The van der Waals surface area contributed by atoms with Crippen molar-refractivity contribution in [3.8, 4) is 0 Å². The standard InChI is InChI=1S/C15H22N4O2/c1-11-17-14(21-18-11)13-7-8-19(10-13)15(20)16-9-12-5-3-2-4-6-12/h5,13H,2-4,6-10H2,1H3,(H,16,20). The summed E-state index contributed by atoms with van der Waals surface area (Å²) in [7, 11) is 0. The minimum Gasteiger partial charge on any atom is -0.339 e. The third-order valence-electron chi connectivity index (χ3n) is 4.22. The molecular weight excluding hydrogens is 268 g/mol.